The van der Waals surface area contributed by atoms with Crippen LogP contribution in [0.15, 0.2) is 0 Å². The van der Waals surface area contributed by atoms with Gasteiger partial charge in [-0.2, -0.15) is 0 Å². The van der Waals surface area contributed by atoms with Gasteiger partial charge in [-0.05, 0) is 38.6 Å². The van der Waals surface area contributed by atoms with Crippen molar-refractivity contribution in [3.8, 4) is 0 Å². The van der Waals surface area contributed by atoms with E-state index in [1.165, 1.54) is 0 Å². The van der Waals surface area contributed by atoms with Crippen LogP contribution in [0.5, 0.6) is 0 Å². The molecular weight excluding hydrogens is 236 g/mol. The molecule has 0 aliphatic carbocycles. The van der Waals surface area contributed by atoms with Crippen molar-refractivity contribution in [3.05, 3.63) is 0 Å². The minimum atomic E-state index is -1.18. The number of aliphatic carboxylic acids is 2. The zero-order chi connectivity index (χ0) is 13.2. The van der Waals surface area contributed by atoms with Crippen molar-refractivity contribution in [2.24, 2.45) is 0 Å². The molecule has 2 aliphatic heterocycles. The predicted molar refractivity (Wildman–Crippen MR) is 64.2 cm³/mol. The van der Waals surface area contributed by atoms with Gasteiger partial charge in [0.25, 0.3) is 0 Å². The second-order valence-electron chi connectivity index (χ2n) is 5.09. The Balaban J connectivity index is 2.27. The number of piperidine rings is 2. The molecular formula is C12H20N2O4. The summed E-state index contributed by atoms with van der Waals surface area (Å²) in [5.41, 5.74) is -1.18. The van der Waals surface area contributed by atoms with E-state index in [4.69, 9.17) is 0 Å². The average Bonchev–Trinajstić information content (AvgIpc) is 2.39. The summed E-state index contributed by atoms with van der Waals surface area (Å²) in [5.74, 6) is -1.86. The van der Waals surface area contributed by atoms with Crippen molar-refractivity contribution in [2.75, 3.05) is 13.1 Å². The molecule has 0 aromatic rings. The van der Waals surface area contributed by atoms with E-state index in [1.54, 1.807) is 4.90 Å². The molecule has 6 heteroatoms. The maximum absolute atomic E-state index is 11.6. The molecule has 0 aromatic carbocycles. The van der Waals surface area contributed by atoms with E-state index in [1.807, 2.05) is 0 Å². The third-order valence-corrected chi connectivity index (χ3v) is 4.01. The van der Waals surface area contributed by atoms with Crippen LogP contribution in [-0.2, 0) is 9.59 Å². The van der Waals surface area contributed by atoms with Crippen molar-refractivity contribution in [2.45, 2.75) is 50.2 Å². The Morgan fingerprint density at radius 3 is 2.50 bits per heavy atom. The fourth-order valence-electron chi connectivity index (χ4n) is 3.09. The van der Waals surface area contributed by atoms with Gasteiger partial charge >= 0.3 is 11.9 Å². The highest BCUT2D eigenvalue weighted by Crippen LogP contribution is 2.31. The molecule has 0 spiro atoms. The van der Waals surface area contributed by atoms with Gasteiger partial charge in [-0.15, -0.1) is 0 Å². The Hall–Kier alpha value is -1.14. The van der Waals surface area contributed by atoms with Crippen molar-refractivity contribution in [1.29, 1.82) is 0 Å². The summed E-state index contributed by atoms with van der Waals surface area (Å²) in [6.07, 6.45) is 4.49. The molecule has 2 heterocycles. The summed E-state index contributed by atoms with van der Waals surface area (Å²) in [4.78, 5) is 24.6. The highest BCUT2D eigenvalue weighted by atomic mass is 16.4. The van der Waals surface area contributed by atoms with Crippen LogP contribution >= 0.6 is 0 Å². The van der Waals surface area contributed by atoms with Gasteiger partial charge in [-0.3, -0.25) is 15.0 Å². The van der Waals surface area contributed by atoms with E-state index in [2.05, 4.69) is 5.32 Å². The molecule has 6 nitrogen and oxygen atoms in total. The first kappa shape index (κ1) is 13.3. The molecule has 0 radical (unpaired) electrons. The molecule has 102 valence electrons. The number of likely N-dealkylation sites (tertiary alicyclic amines) is 1. The van der Waals surface area contributed by atoms with E-state index >= 15 is 0 Å². The second kappa shape index (κ2) is 5.24. The predicted octanol–water partition coefficient (Wildman–Crippen LogP) is 0.480. The van der Waals surface area contributed by atoms with Crippen LogP contribution in [0.2, 0.25) is 0 Å². The number of carbonyl (C=O) groups is 2. The van der Waals surface area contributed by atoms with E-state index in [9.17, 15) is 19.8 Å². The average molecular weight is 256 g/mol. The van der Waals surface area contributed by atoms with Crippen LogP contribution < -0.4 is 5.32 Å². The Morgan fingerprint density at radius 1 is 1.17 bits per heavy atom. The van der Waals surface area contributed by atoms with Crippen LogP contribution in [0.1, 0.15) is 38.5 Å². The quantitative estimate of drug-likeness (QED) is 0.680. The molecule has 3 N–H and O–H groups in total. The van der Waals surface area contributed by atoms with Gasteiger partial charge < -0.3 is 10.2 Å². The number of carboxylic acid groups (broad SMARTS) is 2. The zero-order valence-corrected chi connectivity index (χ0v) is 10.4. The molecule has 0 saturated carbocycles. The SMILES string of the molecule is O=C(O)[C@H]1CCCCN1C1(C(=O)O)CCCCN1. The van der Waals surface area contributed by atoms with Gasteiger partial charge in [0.2, 0.25) is 0 Å². The van der Waals surface area contributed by atoms with Crippen molar-refractivity contribution >= 4 is 11.9 Å². The standard InChI is InChI=1S/C12H20N2O4/c15-10(16)9-5-1-4-8-14(9)12(11(17)18)6-2-3-7-13-12/h9,13H,1-8H2,(H,15,16)(H,17,18)/t9-,12?/m1/s1. The zero-order valence-electron chi connectivity index (χ0n) is 10.4. The number of hydrogen-bond acceptors (Lipinski definition) is 4. The molecule has 0 amide bonds. The van der Waals surface area contributed by atoms with Crippen LogP contribution in [0.4, 0.5) is 0 Å². The lowest BCUT2D eigenvalue weighted by atomic mass is 9.90. The normalized spacial score (nSPS) is 34.1. The van der Waals surface area contributed by atoms with Crippen molar-refractivity contribution < 1.29 is 19.8 Å². The topological polar surface area (TPSA) is 89.9 Å². The minimum absolute atomic E-state index is 0.478. The molecule has 0 aromatic heterocycles. The maximum atomic E-state index is 11.6. The first-order valence-corrected chi connectivity index (χ1v) is 6.56. The third kappa shape index (κ3) is 2.22. The van der Waals surface area contributed by atoms with Gasteiger partial charge in [0, 0.05) is 6.54 Å². The van der Waals surface area contributed by atoms with Gasteiger partial charge in [-0.1, -0.05) is 6.42 Å². The van der Waals surface area contributed by atoms with Crippen LogP contribution in [0, 0.1) is 0 Å². The summed E-state index contributed by atoms with van der Waals surface area (Å²) in [6.45, 7) is 1.17. The Kier molecular flexibility index (Phi) is 3.87. The molecule has 1 unspecified atom stereocenters. The number of nitrogens with one attached hydrogen (secondary N) is 1. The Labute approximate surface area is 106 Å². The van der Waals surface area contributed by atoms with Crippen molar-refractivity contribution in [3.63, 3.8) is 0 Å². The fourth-order valence-corrected chi connectivity index (χ4v) is 3.09. The lowest BCUT2D eigenvalue weighted by Gasteiger charge is -2.47. The number of carboxylic acids is 2. The van der Waals surface area contributed by atoms with E-state index in [0.29, 0.717) is 25.9 Å². The summed E-state index contributed by atoms with van der Waals surface area (Å²) in [7, 11) is 0. The molecule has 18 heavy (non-hydrogen) atoms. The summed E-state index contributed by atoms with van der Waals surface area (Å²) < 4.78 is 0. The fraction of sp³-hybridized carbons (Fsp3) is 0.833. The summed E-state index contributed by atoms with van der Waals surface area (Å²) in [5, 5.41) is 21.9. The number of rotatable bonds is 3. The lowest BCUT2D eigenvalue weighted by molar-refractivity contribution is -0.167. The molecule has 2 atom stereocenters. The van der Waals surface area contributed by atoms with E-state index in [0.717, 1.165) is 25.7 Å². The van der Waals surface area contributed by atoms with E-state index in [-0.39, 0.29) is 0 Å². The van der Waals surface area contributed by atoms with Crippen LogP contribution in [-0.4, -0.2) is 51.8 Å². The largest absolute Gasteiger partial charge is 0.480 e. The molecule has 2 aliphatic rings. The lowest BCUT2D eigenvalue weighted by Crippen LogP contribution is -2.70. The summed E-state index contributed by atoms with van der Waals surface area (Å²) >= 11 is 0. The van der Waals surface area contributed by atoms with Gasteiger partial charge in [-0.25, -0.2) is 4.79 Å². The molecule has 0 bridgehead atoms. The molecule has 2 fully saturated rings. The number of hydrogen-bond donors (Lipinski definition) is 3. The highest BCUT2D eigenvalue weighted by molar-refractivity contribution is 5.81. The first-order valence-electron chi connectivity index (χ1n) is 6.56. The third-order valence-electron chi connectivity index (χ3n) is 4.01. The Morgan fingerprint density at radius 2 is 1.94 bits per heavy atom. The molecule has 2 rings (SSSR count). The summed E-state index contributed by atoms with van der Waals surface area (Å²) in [6, 6.07) is -0.680. The van der Waals surface area contributed by atoms with E-state index < -0.39 is 23.6 Å². The maximum Gasteiger partial charge on any atom is 0.339 e. The van der Waals surface area contributed by atoms with Gasteiger partial charge in [0.05, 0.1) is 0 Å². The Bertz CT molecular complexity index is 339. The van der Waals surface area contributed by atoms with Crippen molar-refractivity contribution in [1.82, 2.24) is 10.2 Å². The molecule has 2 saturated heterocycles. The smallest absolute Gasteiger partial charge is 0.339 e. The van der Waals surface area contributed by atoms with Crippen LogP contribution in [0.25, 0.3) is 0 Å². The first-order chi connectivity index (χ1) is 8.58. The van der Waals surface area contributed by atoms with Crippen LogP contribution in [0.3, 0.4) is 0 Å². The van der Waals surface area contributed by atoms with Gasteiger partial charge in [0.1, 0.15) is 6.04 Å². The monoisotopic (exact) mass is 256 g/mol. The van der Waals surface area contributed by atoms with Gasteiger partial charge in [0.15, 0.2) is 5.66 Å². The highest BCUT2D eigenvalue weighted by Gasteiger charge is 2.49. The number of nitrogens with zero attached hydrogens (tertiary/aromatic N) is 1. The minimum Gasteiger partial charge on any atom is -0.480 e. The second-order valence-corrected chi connectivity index (χ2v) is 5.09.